The first-order valence-corrected chi connectivity index (χ1v) is 6.01. The Kier molecular flexibility index (Phi) is 2.65. The van der Waals surface area contributed by atoms with E-state index in [0.29, 0.717) is 5.92 Å². The quantitative estimate of drug-likeness (QED) is 0.783. The molecule has 0 radical (unpaired) electrons. The summed E-state index contributed by atoms with van der Waals surface area (Å²) in [4.78, 5) is 8.78. The van der Waals surface area contributed by atoms with Crippen LogP contribution >= 0.6 is 0 Å². The Morgan fingerprint density at radius 2 is 1.71 bits per heavy atom. The molecular weight excluding hydrogens is 214 g/mol. The van der Waals surface area contributed by atoms with Crippen LogP contribution in [0.3, 0.4) is 0 Å². The lowest BCUT2D eigenvalue weighted by molar-refractivity contribution is 0.405. The molecule has 1 saturated heterocycles. The standard InChI is InChI=1S/C13H15N3O/c17-13-12(9-5-7-14-8-6-9)15-10-3-1-2-4-11(10)16-13/h1-4,9,14H,5-8H2,(H,16,17). The van der Waals surface area contributed by atoms with Crippen LogP contribution in [-0.2, 0) is 0 Å². The Morgan fingerprint density at radius 3 is 2.41 bits per heavy atom. The Labute approximate surface area is 99.7 Å². The topological polar surface area (TPSA) is 58.0 Å². The zero-order valence-corrected chi connectivity index (χ0v) is 9.56. The van der Waals surface area contributed by atoms with Gasteiger partial charge in [0.05, 0.1) is 11.0 Å². The molecule has 0 bridgehead atoms. The van der Waals surface area contributed by atoms with Gasteiger partial charge in [-0.05, 0) is 38.1 Å². The fourth-order valence-corrected chi connectivity index (χ4v) is 2.37. The number of nitrogens with zero attached hydrogens (tertiary/aromatic N) is 2. The molecule has 1 aromatic carbocycles. The molecule has 4 heteroatoms. The molecule has 1 aromatic heterocycles. The molecule has 1 aliphatic rings. The van der Waals surface area contributed by atoms with Crippen molar-refractivity contribution in [2.75, 3.05) is 13.1 Å². The maximum absolute atomic E-state index is 9.97. The molecule has 0 spiro atoms. The average Bonchev–Trinajstić information content (AvgIpc) is 2.39. The van der Waals surface area contributed by atoms with Gasteiger partial charge >= 0.3 is 0 Å². The van der Waals surface area contributed by atoms with E-state index in [1.807, 2.05) is 24.3 Å². The molecule has 2 N–H and O–H groups in total. The van der Waals surface area contributed by atoms with Crippen LogP contribution in [0.4, 0.5) is 0 Å². The molecule has 3 rings (SSSR count). The fourth-order valence-electron chi connectivity index (χ4n) is 2.37. The average molecular weight is 229 g/mol. The van der Waals surface area contributed by atoms with Crippen molar-refractivity contribution in [1.82, 2.24) is 15.3 Å². The lowest BCUT2D eigenvalue weighted by Gasteiger charge is -2.22. The molecule has 0 unspecified atom stereocenters. The summed E-state index contributed by atoms with van der Waals surface area (Å²) in [5.74, 6) is 0.420. The Bertz CT molecular complexity index is 535. The van der Waals surface area contributed by atoms with Crippen LogP contribution in [-0.4, -0.2) is 28.2 Å². The molecule has 4 nitrogen and oxygen atoms in total. The highest BCUT2D eigenvalue weighted by Gasteiger charge is 2.21. The highest BCUT2D eigenvalue weighted by molar-refractivity contribution is 5.74. The van der Waals surface area contributed by atoms with Crippen LogP contribution in [0.2, 0.25) is 0 Å². The van der Waals surface area contributed by atoms with Gasteiger partial charge in [-0.2, -0.15) is 0 Å². The third-order valence-corrected chi connectivity index (χ3v) is 3.30. The van der Waals surface area contributed by atoms with Gasteiger partial charge in [0, 0.05) is 5.92 Å². The highest BCUT2D eigenvalue weighted by Crippen LogP contribution is 2.30. The summed E-state index contributed by atoms with van der Waals surface area (Å²) < 4.78 is 0. The zero-order chi connectivity index (χ0) is 11.7. The van der Waals surface area contributed by atoms with Crippen molar-refractivity contribution in [1.29, 1.82) is 0 Å². The van der Waals surface area contributed by atoms with Crippen LogP contribution in [0.15, 0.2) is 24.3 Å². The minimum absolute atomic E-state index is 0.0931. The maximum atomic E-state index is 9.97. The Morgan fingerprint density at radius 1 is 1.06 bits per heavy atom. The number of nitrogens with one attached hydrogen (secondary N) is 1. The molecule has 2 aromatic rings. The van der Waals surface area contributed by atoms with Gasteiger partial charge in [-0.25, -0.2) is 9.97 Å². The maximum Gasteiger partial charge on any atom is 0.234 e. The normalized spacial score (nSPS) is 17.4. The van der Waals surface area contributed by atoms with Crippen molar-refractivity contribution in [2.45, 2.75) is 18.8 Å². The van der Waals surface area contributed by atoms with E-state index in [4.69, 9.17) is 0 Å². The molecule has 2 heterocycles. The van der Waals surface area contributed by atoms with E-state index in [-0.39, 0.29) is 5.88 Å². The van der Waals surface area contributed by atoms with Crippen LogP contribution in [0, 0.1) is 0 Å². The molecule has 88 valence electrons. The monoisotopic (exact) mass is 229 g/mol. The summed E-state index contributed by atoms with van der Waals surface area (Å²) in [6, 6.07) is 7.65. The number of hydrogen-bond acceptors (Lipinski definition) is 4. The minimum Gasteiger partial charge on any atom is -0.492 e. The fraction of sp³-hybridized carbons (Fsp3) is 0.385. The van der Waals surface area contributed by atoms with Crippen molar-refractivity contribution in [3.8, 4) is 5.88 Å². The highest BCUT2D eigenvalue weighted by atomic mass is 16.3. The Balaban J connectivity index is 2.06. The first-order chi connectivity index (χ1) is 8.34. The third kappa shape index (κ3) is 1.96. The van der Waals surface area contributed by atoms with E-state index in [9.17, 15) is 5.11 Å². The largest absolute Gasteiger partial charge is 0.492 e. The van der Waals surface area contributed by atoms with E-state index in [0.717, 1.165) is 42.7 Å². The van der Waals surface area contributed by atoms with Gasteiger partial charge in [-0.3, -0.25) is 0 Å². The van der Waals surface area contributed by atoms with Gasteiger partial charge in [0.25, 0.3) is 0 Å². The predicted molar refractivity (Wildman–Crippen MR) is 66.0 cm³/mol. The first kappa shape index (κ1) is 10.5. The van der Waals surface area contributed by atoms with E-state index < -0.39 is 0 Å². The molecule has 0 amide bonds. The lowest BCUT2D eigenvalue weighted by Crippen LogP contribution is -2.27. The lowest BCUT2D eigenvalue weighted by atomic mass is 9.94. The minimum atomic E-state index is 0.0931. The van der Waals surface area contributed by atoms with E-state index in [1.165, 1.54) is 0 Å². The second-order valence-electron chi connectivity index (χ2n) is 4.45. The second-order valence-corrected chi connectivity index (χ2v) is 4.45. The number of benzene rings is 1. The van der Waals surface area contributed by atoms with Gasteiger partial charge in [0.2, 0.25) is 5.88 Å². The Hall–Kier alpha value is -1.68. The number of piperidine rings is 1. The smallest absolute Gasteiger partial charge is 0.234 e. The van der Waals surface area contributed by atoms with Crippen molar-refractivity contribution in [3.05, 3.63) is 30.0 Å². The van der Waals surface area contributed by atoms with Gasteiger partial charge in [0.1, 0.15) is 5.69 Å². The van der Waals surface area contributed by atoms with Crippen molar-refractivity contribution in [3.63, 3.8) is 0 Å². The molecule has 0 saturated carbocycles. The van der Waals surface area contributed by atoms with Gasteiger partial charge in [-0.15, -0.1) is 0 Å². The molecule has 17 heavy (non-hydrogen) atoms. The molecule has 1 fully saturated rings. The number of para-hydroxylation sites is 2. The van der Waals surface area contributed by atoms with Crippen molar-refractivity contribution in [2.24, 2.45) is 0 Å². The third-order valence-electron chi connectivity index (χ3n) is 3.30. The molecular formula is C13H15N3O. The van der Waals surface area contributed by atoms with Crippen molar-refractivity contribution >= 4 is 11.0 Å². The molecule has 1 aliphatic heterocycles. The van der Waals surface area contributed by atoms with Crippen molar-refractivity contribution < 1.29 is 5.11 Å². The van der Waals surface area contributed by atoms with Crippen LogP contribution in [0.1, 0.15) is 24.5 Å². The first-order valence-electron chi connectivity index (χ1n) is 6.01. The summed E-state index contributed by atoms with van der Waals surface area (Å²) in [5, 5.41) is 13.3. The summed E-state index contributed by atoms with van der Waals surface area (Å²) in [5.41, 5.74) is 2.37. The second kappa shape index (κ2) is 4.30. The number of hydrogen-bond donors (Lipinski definition) is 2. The number of rotatable bonds is 1. The number of aromatic nitrogens is 2. The van der Waals surface area contributed by atoms with Crippen LogP contribution < -0.4 is 5.32 Å². The molecule has 0 atom stereocenters. The summed E-state index contributed by atoms with van der Waals surface area (Å²) in [6.45, 7) is 1.97. The SMILES string of the molecule is Oc1nc2ccccc2nc1C1CCNCC1. The number of aromatic hydroxyl groups is 1. The predicted octanol–water partition coefficient (Wildman–Crippen LogP) is 1.80. The summed E-state index contributed by atoms with van der Waals surface area (Å²) >= 11 is 0. The van der Waals surface area contributed by atoms with E-state index in [1.54, 1.807) is 0 Å². The number of fused-ring (bicyclic) bond motifs is 1. The molecule has 0 aliphatic carbocycles. The van der Waals surface area contributed by atoms with Crippen LogP contribution in [0.5, 0.6) is 5.88 Å². The van der Waals surface area contributed by atoms with Gasteiger partial charge < -0.3 is 10.4 Å². The van der Waals surface area contributed by atoms with Gasteiger partial charge in [-0.1, -0.05) is 12.1 Å². The van der Waals surface area contributed by atoms with Crippen LogP contribution in [0.25, 0.3) is 11.0 Å². The zero-order valence-electron chi connectivity index (χ0n) is 9.56. The van der Waals surface area contributed by atoms with E-state index in [2.05, 4.69) is 15.3 Å². The summed E-state index contributed by atoms with van der Waals surface area (Å²) in [7, 11) is 0. The van der Waals surface area contributed by atoms with Gasteiger partial charge in [0.15, 0.2) is 0 Å². The van der Waals surface area contributed by atoms with E-state index >= 15 is 0 Å². The summed E-state index contributed by atoms with van der Waals surface area (Å²) in [6.07, 6.45) is 2.03.